The molecule has 0 atom stereocenters. The van der Waals surface area contributed by atoms with Gasteiger partial charge in [0.1, 0.15) is 0 Å². The maximum atomic E-state index is 11.5. The Morgan fingerprint density at radius 3 is 2.78 bits per heavy atom. The van der Waals surface area contributed by atoms with Crippen LogP contribution in [0.25, 0.3) is 0 Å². The quantitative estimate of drug-likeness (QED) is 0.634. The number of halogens is 1. The Morgan fingerprint density at radius 2 is 2.11 bits per heavy atom. The summed E-state index contributed by atoms with van der Waals surface area (Å²) in [6.45, 7) is 1.29. The van der Waals surface area contributed by atoms with Crippen LogP contribution >= 0.6 is 15.9 Å². The average Bonchev–Trinajstić information content (AvgIpc) is 2.34. The lowest BCUT2D eigenvalue weighted by Gasteiger charge is -2.23. The van der Waals surface area contributed by atoms with Crippen LogP contribution in [0.3, 0.4) is 0 Å². The maximum absolute atomic E-state index is 11.5. The molecule has 0 fully saturated rings. The minimum absolute atomic E-state index is 0.000154. The number of rotatable bonds is 3. The van der Waals surface area contributed by atoms with Crippen LogP contribution in [0.5, 0.6) is 0 Å². The molecular weight excluding hydrogens is 300 g/mol. The highest BCUT2D eigenvalue weighted by Gasteiger charge is 2.21. The van der Waals surface area contributed by atoms with Crippen molar-refractivity contribution in [1.82, 2.24) is 4.90 Å². The van der Waals surface area contributed by atoms with E-state index in [2.05, 4.69) is 15.9 Å². The number of ketones is 1. The largest absolute Gasteiger partial charge is 0.292 e. The summed E-state index contributed by atoms with van der Waals surface area (Å²) in [4.78, 5) is 23.9. The molecule has 0 N–H and O–H groups in total. The predicted octanol–water partition coefficient (Wildman–Crippen LogP) is 2.26. The first-order chi connectivity index (χ1) is 8.58. The molecule has 1 heterocycles. The molecule has 6 heteroatoms. The molecule has 0 bridgehead atoms. The number of para-hydroxylation sites is 1. The molecule has 2 rings (SSSR count). The van der Waals surface area contributed by atoms with Gasteiger partial charge in [-0.05, 0) is 15.9 Å². The fourth-order valence-corrected chi connectivity index (χ4v) is 2.12. The molecule has 0 aliphatic carbocycles. The van der Waals surface area contributed by atoms with Crippen LogP contribution < -0.4 is 0 Å². The summed E-state index contributed by atoms with van der Waals surface area (Å²) >= 11 is 3.18. The van der Waals surface area contributed by atoms with Crippen molar-refractivity contribution in [3.05, 3.63) is 50.5 Å². The molecule has 1 aromatic carbocycles. The molecule has 1 aromatic rings. The van der Waals surface area contributed by atoms with Gasteiger partial charge in [-0.15, -0.1) is 0 Å². The number of nitro groups is 1. The van der Waals surface area contributed by atoms with Crippen LogP contribution in [-0.2, 0) is 11.3 Å². The van der Waals surface area contributed by atoms with Gasteiger partial charge in [-0.3, -0.25) is 19.8 Å². The molecule has 0 unspecified atom stereocenters. The Kier molecular flexibility index (Phi) is 3.88. The van der Waals surface area contributed by atoms with E-state index in [1.54, 1.807) is 24.3 Å². The van der Waals surface area contributed by atoms with Crippen LogP contribution in [0, 0.1) is 10.1 Å². The van der Waals surface area contributed by atoms with E-state index < -0.39 is 4.92 Å². The van der Waals surface area contributed by atoms with Gasteiger partial charge < -0.3 is 0 Å². The number of hydrogen-bond donors (Lipinski definition) is 0. The van der Waals surface area contributed by atoms with Crippen molar-refractivity contribution in [3.8, 4) is 0 Å². The molecular formula is C12H11BrN2O3. The van der Waals surface area contributed by atoms with E-state index in [0.717, 1.165) is 0 Å². The number of nitro benzene ring substituents is 1. The lowest BCUT2D eigenvalue weighted by atomic mass is 10.1. The van der Waals surface area contributed by atoms with Crippen molar-refractivity contribution in [2.75, 3.05) is 13.1 Å². The van der Waals surface area contributed by atoms with Crippen molar-refractivity contribution in [3.63, 3.8) is 0 Å². The minimum Gasteiger partial charge on any atom is -0.292 e. The average molecular weight is 311 g/mol. The van der Waals surface area contributed by atoms with Crippen LogP contribution in [0.15, 0.2) is 34.8 Å². The summed E-state index contributed by atoms with van der Waals surface area (Å²) in [5.41, 5.74) is 0.722. The molecule has 0 aromatic heterocycles. The van der Waals surface area contributed by atoms with Crippen molar-refractivity contribution >= 4 is 27.4 Å². The monoisotopic (exact) mass is 310 g/mol. The standard InChI is InChI=1S/C12H11BrN2O3/c13-10-5-6-14(8-12(10)16)7-9-3-1-2-4-11(9)15(17)18/h1-5H,6-8H2. The Labute approximate surface area is 112 Å². The van der Waals surface area contributed by atoms with Gasteiger partial charge in [0, 0.05) is 24.7 Å². The third kappa shape index (κ3) is 2.83. The van der Waals surface area contributed by atoms with Crippen LogP contribution in [0.2, 0.25) is 0 Å². The number of carbonyl (C=O) groups is 1. The molecule has 1 aliphatic heterocycles. The van der Waals surface area contributed by atoms with E-state index in [1.165, 1.54) is 6.07 Å². The van der Waals surface area contributed by atoms with E-state index in [0.29, 0.717) is 23.1 Å². The lowest BCUT2D eigenvalue weighted by Crippen LogP contribution is -2.33. The lowest BCUT2D eigenvalue weighted by molar-refractivity contribution is -0.385. The Hall–Kier alpha value is -1.53. The van der Waals surface area contributed by atoms with Gasteiger partial charge in [0.25, 0.3) is 5.69 Å². The molecule has 1 aliphatic rings. The molecule has 5 nitrogen and oxygen atoms in total. The number of Topliss-reactive ketones (excluding diaryl/α,β-unsaturated/α-hetero) is 1. The molecule has 0 saturated heterocycles. The zero-order valence-corrected chi connectivity index (χ0v) is 11.1. The summed E-state index contributed by atoms with van der Waals surface area (Å²) in [5.74, 6) is -0.000154. The van der Waals surface area contributed by atoms with Crippen molar-refractivity contribution in [2.45, 2.75) is 6.54 Å². The highest BCUT2D eigenvalue weighted by atomic mass is 79.9. The Balaban J connectivity index is 2.16. The molecule has 0 radical (unpaired) electrons. The van der Waals surface area contributed by atoms with E-state index in [1.807, 2.05) is 4.90 Å². The second kappa shape index (κ2) is 5.41. The van der Waals surface area contributed by atoms with Crippen LogP contribution in [0.1, 0.15) is 5.56 Å². The normalized spacial score (nSPS) is 16.5. The van der Waals surface area contributed by atoms with Crippen molar-refractivity contribution in [1.29, 1.82) is 0 Å². The van der Waals surface area contributed by atoms with Gasteiger partial charge in [-0.25, -0.2) is 0 Å². The second-order valence-electron chi connectivity index (χ2n) is 4.03. The topological polar surface area (TPSA) is 63.5 Å². The van der Waals surface area contributed by atoms with Gasteiger partial charge >= 0.3 is 0 Å². The third-order valence-corrected chi connectivity index (χ3v) is 3.51. The number of benzene rings is 1. The van der Waals surface area contributed by atoms with Gasteiger partial charge in [-0.2, -0.15) is 0 Å². The van der Waals surface area contributed by atoms with E-state index in [-0.39, 0.29) is 18.0 Å². The highest BCUT2D eigenvalue weighted by Crippen LogP contribution is 2.21. The molecule has 0 saturated carbocycles. The van der Waals surface area contributed by atoms with E-state index >= 15 is 0 Å². The number of carbonyl (C=O) groups excluding carboxylic acids is 1. The fourth-order valence-electron chi connectivity index (χ4n) is 1.85. The Bertz CT molecular complexity index is 528. The molecule has 0 spiro atoms. The zero-order valence-electron chi connectivity index (χ0n) is 9.51. The minimum atomic E-state index is -0.396. The molecule has 94 valence electrons. The number of hydrogen-bond acceptors (Lipinski definition) is 4. The first-order valence-electron chi connectivity index (χ1n) is 5.41. The zero-order chi connectivity index (χ0) is 13.1. The first-order valence-corrected chi connectivity index (χ1v) is 6.20. The fraction of sp³-hybridized carbons (Fsp3) is 0.250. The van der Waals surface area contributed by atoms with Gasteiger partial charge in [0.15, 0.2) is 5.78 Å². The van der Waals surface area contributed by atoms with Gasteiger partial charge in [0.2, 0.25) is 0 Å². The maximum Gasteiger partial charge on any atom is 0.273 e. The highest BCUT2D eigenvalue weighted by molar-refractivity contribution is 9.12. The predicted molar refractivity (Wildman–Crippen MR) is 70.4 cm³/mol. The van der Waals surface area contributed by atoms with Gasteiger partial charge in [0.05, 0.1) is 16.0 Å². The molecule has 18 heavy (non-hydrogen) atoms. The van der Waals surface area contributed by atoms with Crippen LogP contribution in [-0.4, -0.2) is 28.7 Å². The number of nitrogens with zero attached hydrogens (tertiary/aromatic N) is 2. The summed E-state index contributed by atoms with van der Waals surface area (Å²) in [6, 6.07) is 6.60. The first kappa shape index (κ1) is 12.9. The van der Waals surface area contributed by atoms with E-state index in [4.69, 9.17) is 0 Å². The molecule has 0 amide bonds. The van der Waals surface area contributed by atoms with Crippen LogP contribution in [0.4, 0.5) is 5.69 Å². The SMILES string of the molecule is O=C1CN(Cc2ccccc2[N+](=O)[O-])CC=C1Br. The van der Waals surface area contributed by atoms with Gasteiger partial charge in [-0.1, -0.05) is 24.3 Å². The Morgan fingerprint density at radius 1 is 1.39 bits per heavy atom. The van der Waals surface area contributed by atoms with Crippen molar-refractivity contribution in [2.24, 2.45) is 0 Å². The summed E-state index contributed by atoms with van der Waals surface area (Å²) in [6.07, 6.45) is 1.78. The third-order valence-electron chi connectivity index (χ3n) is 2.74. The smallest absolute Gasteiger partial charge is 0.273 e. The summed E-state index contributed by atoms with van der Waals surface area (Å²) in [7, 11) is 0. The van der Waals surface area contributed by atoms with Crippen molar-refractivity contribution < 1.29 is 9.72 Å². The second-order valence-corrected chi connectivity index (χ2v) is 4.89. The van der Waals surface area contributed by atoms with E-state index in [9.17, 15) is 14.9 Å². The summed E-state index contributed by atoms with van der Waals surface area (Å²) in [5, 5.41) is 10.9. The summed E-state index contributed by atoms with van der Waals surface area (Å²) < 4.78 is 0.585.